The van der Waals surface area contributed by atoms with Gasteiger partial charge in [-0.1, -0.05) is 59.6 Å². The van der Waals surface area contributed by atoms with Crippen molar-refractivity contribution < 1.29 is 23.5 Å². The summed E-state index contributed by atoms with van der Waals surface area (Å²) in [5.41, 5.74) is 1.99. The second-order valence-electron chi connectivity index (χ2n) is 12.0. The van der Waals surface area contributed by atoms with Gasteiger partial charge < -0.3 is 20.1 Å². The number of nitrogens with zero attached hydrogens (tertiary/aromatic N) is 2. The minimum Gasteiger partial charge on any atom is -0.494 e. The van der Waals surface area contributed by atoms with Crippen molar-refractivity contribution in [1.29, 1.82) is 0 Å². The molecule has 3 aliphatic rings. The van der Waals surface area contributed by atoms with Crippen LogP contribution in [0.1, 0.15) is 64.8 Å². The molecule has 242 valence electrons. The van der Waals surface area contributed by atoms with Gasteiger partial charge in [0.15, 0.2) is 0 Å². The Hall–Kier alpha value is -4.02. The first-order chi connectivity index (χ1) is 22.8. The molecule has 4 aromatic rings. The van der Waals surface area contributed by atoms with Crippen LogP contribution in [0.15, 0.2) is 78.9 Å². The molecule has 11 heteroatoms. The molecule has 1 spiro atoms. The number of benzene rings is 3. The third kappa shape index (κ3) is 5.26. The van der Waals surface area contributed by atoms with E-state index in [-0.39, 0.29) is 40.2 Å². The number of likely N-dealkylation sites (tertiary alicyclic amines) is 1. The molecule has 47 heavy (non-hydrogen) atoms. The number of esters is 1. The van der Waals surface area contributed by atoms with E-state index < -0.39 is 17.3 Å². The van der Waals surface area contributed by atoms with Gasteiger partial charge in [0.05, 0.1) is 23.8 Å². The topological polar surface area (TPSA) is 92.8 Å². The number of pyridine rings is 1. The molecular weight excluding hydrogens is 642 g/mol. The number of anilines is 1. The Kier molecular flexibility index (Phi) is 8.42. The van der Waals surface area contributed by atoms with Crippen molar-refractivity contribution >= 4 is 40.9 Å². The number of rotatable bonds is 8. The molecule has 0 unspecified atom stereocenters. The van der Waals surface area contributed by atoms with Gasteiger partial charge in [0, 0.05) is 36.2 Å². The van der Waals surface area contributed by atoms with Gasteiger partial charge in [-0.2, -0.15) is 0 Å². The van der Waals surface area contributed by atoms with Gasteiger partial charge in [0.25, 0.3) is 5.91 Å². The minimum absolute atomic E-state index is 0.0194. The summed E-state index contributed by atoms with van der Waals surface area (Å²) in [4.78, 5) is 33.5. The van der Waals surface area contributed by atoms with Crippen LogP contribution in [0.3, 0.4) is 0 Å². The van der Waals surface area contributed by atoms with Crippen molar-refractivity contribution in [1.82, 2.24) is 15.2 Å². The maximum atomic E-state index is 16.2. The Morgan fingerprint density at radius 2 is 1.83 bits per heavy atom. The third-order valence-corrected chi connectivity index (χ3v) is 10.0. The molecule has 0 saturated carbocycles. The molecule has 2 N–H and O–H groups in total. The van der Waals surface area contributed by atoms with E-state index in [0.717, 1.165) is 16.9 Å². The lowest BCUT2D eigenvalue weighted by Crippen LogP contribution is -2.52. The molecule has 5 atom stereocenters. The number of hydrogen-bond donors (Lipinski definition) is 2. The van der Waals surface area contributed by atoms with E-state index in [9.17, 15) is 9.59 Å². The highest BCUT2D eigenvalue weighted by Gasteiger charge is 2.69. The van der Waals surface area contributed by atoms with Crippen LogP contribution in [0, 0.1) is 5.82 Å². The first kappa shape index (κ1) is 31.6. The van der Waals surface area contributed by atoms with E-state index >= 15 is 4.39 Å². The number of aromatic nitrogens is 1. The van der Waals surface area contributed by atoms with Gasteiger partial charge in [0.1, 0.15) is 28.1 Å². The fourth-order valence-corrected chi connectivity index (χ4v) is 8.04. The Labute approximate surface area is 282 Å². The molecule has 1 aromatic heterocycles. The highest BCUT2D eigenvalue weighted by Crippen LogP contribution is 2.60. The molecule has 1 amide bonds. The van der Waals surface area contributed by atoms with Crippen molar-refractivity contribution in [2.24, 2.45) is 0 Å². The van der Waals surface area contributed by atoms with Crippen LogP contribution in [-0.4, -0.2) is 47.1 Å². The number of carbonyl (C=O) groups excluding carboxylic acids is 2. The molecule has 0 bridgehead atoms. The van der Waals surface area contributed by atoms with E-state index in [2.05, 4.69) is 20.5 Å². The zero-order valence-electron chi connectivity index (χ0n) is 25.8. The molecular formula is C36H33Cl2FN4O4. The van der Waals surface area contributed by atoms with Gasteiger partial charge in [-0.15, -0.1) is 0 Å². The largest absolute Gasteiger partial charge is 0.494 e. The van der Waals surface area contributed by atoms with Crippen LogP contribution in [0.25, 0.3) is 0 Å². The molecule has 8 nitrogen and oxygen atoms in total. The van der Waals surface area contributed by atoms with Gasteiger partial charge >= 0.3 is 5.97 Å². The average molecular weight is 676 g/mol. The van der Waals surface area contributed by atoms with Crippen LogP contribution >= 0.6 is 23.2 Å². The zero-order chi connectivity index (χ0) is 32.9. The van der Waals surface area contributed by atoms with E-state index in [1.165, 1.54) is 6.07 Å². The third-order valence-electron chi connectivity index (χ3n) is 9.50. The second-order valence-corrected chi connectivity index (χ2v) is 12.8. The number of carbonyl (C=O) groups is 2. The van der Waals surface area contributed by atoms with E-state index in [0.29, 0.717) is 48.7 Å². The average Bonchev–Trinajstić information content (AvgIpc) is 3.69. The van der Waals surface area contributed by atoms with Crippen LogP contribution < -0.4 is 15.4 Å². The lowest BCUT2D eigenvalue weighted by molar-refractivity contribution is -0.128. The Bertz CT molecular complexity index is 1860. The summed E-state index contributed by atoms with van der Waals surface area (Å²) in [5, 5.41) is 6.99. The molecule has 2 fully saturated rings. The van der Waals surface area contributed by atoms with Crippen molar-refractivity contribution in [2.45, 2.75) is 56.4 Å². The van der Waals surface area contributed by atoms with Crippen molar-refractivity contribution in [3.63, 3.8) is 0 Å². The summed E-state index contributed by atoms with van der Waals surface area (Å²) in [6, 6.07) is 22.8. The fraction of sp³-hybridized carbons (Fsp3) is 0.306. The standard InChI is InChI=1S/C36H33Cl2FN4O4/c1-3-46-23-8-5-7-20(17-23)19-43-28-18-27(21-11-13-22(14-12-21)34(44)47-4-2)40-32(28)30(24-9-6-10-26(37)31(24)39)36(43)25-15-16-29(38)41-33(25)42-35(36)45/h5-17,27-28,30,32,40H,3-4,18-19H2,1-2H3,(H,41,42,45)/t27-,28-,30-,32+,36+/m0/s1. The number of halogens is 3. The summed E-state index contributed by atoms with van der Waals surface area (Å²) < 4.78 is 27.2. The predicted molar refractivity (Wildman–Crippen MR) is 177 cm³/mol. The summed E-state index contributed by atoms with van der Waals surface area (Å²) in [5.74, 6) is -0.873. The van der Waals surface area contributed by atoms with Crippen LogP contribution in [0.5, 0.6) is 5.75 Å². The molecule has 0 aliphatic carbocycles. The number of hydrogen-bond acceptors (Lipinski definition) is 7. The Balaban J connectivity index is 1.38. The molecule has 4 heterocycles. The summed E-state index contributed by atoms with van der Waals surface area (Å²) >= 11 is 12.7. The van der Waals surface area contributed by atoms with Crippen molar-refractivity contribution in [3.8, 4) is 5.75 Å². The van der Waals surface area contributed by atoms with E-state index in [4.69, 9.17) is 32.7 Å². The highest BCUT2D eigenvalue weighted by atomic mass is 35.5. The predicted octanol–water partition coefficient (Wildman–Crippen LogP) is 7.02. The molecule has 3 aromatic carbocycles. The highest BCUT2D eigenvalue weighted by molar-refractivity contribution is 6.31. The van der Waals surface area contributed by atoms with E-state index in [1.54, 1.807) is 37.3 Å². The monoisotopic (exact) mass is 674 g/mol. The Morgan fingerprint density at radius 3 is 2.60 bits per heavy atom. The maximum Gasteiger partial charge on any atom is 0.338 e. The Morgan fingerprint density at radius 1 is 1.04 bits per heavy atom. The number of amides is 1. The van der Waals surface area contributed by atoms with Crippen LogP contribution in [-0.2, 0) is 21.6 Å². The smallest absolute Gasteiger partial charge is 0.338 e. The lowest BCUT2D eigenvalue weighted by atomic mass is 9.74. The van der Waals surface area contributed by atoms with Crippen molar-refractivity contribution in [3.05, 3.63) is 123 Å². The SMILES string of the molecule is CCOC(=O)c1ccc([C@@H]2C[C@H]3[C@@H](N2)[C@H](c2cccc(Cl)c2F)[C@]2(C(=O)Nc4nc(Cl)ccc42)N3Cc2cccc(OCC)c2)cc1. The number of nitrogens with one attached hydrogen (secondary N) is 2. The molecule has 0 radical (unpaired) electrons. The minimum atomic E-state index is -1.35. The molecule has 2 saturated heterocycles. The molecule has 3 aliphatic heterocycles. The molecule has 7 rings (SSSR count). The maximum absolute atomic E-state index is 16.2. The first-order valence-corrected chi connectivity index (χ1v) is 16.5. The first-order valence-electron chi connectivity index (χ1n) is 15.7. The van der Waals surface area contributed by atoms with Gasteiger partial charge in [0.2, 0.25) is 0 Å². The summed E-state index contributed by atoms with van der Waals surface area (Å²) in [7, 11) is 0. The lowest BCUT2D eigenvalue weighted by Gasteiger charge is -2.40. The zero-order valence-corrected chi connectivity index (χ0v) is 27.3. The van der Waals surface area contributed by atoms with Crippen LogP contribution in [0.2, 0.25) is 10.2 Å². The fourth-order valence-electron chi connectivity index (χ4n) is 7.71. The summed E-state index contributed by atoms with van der Waals surface area (Å²) in [6.45, 7) is 4.87. The van der Waals surface area contributed by atoms with Gasteiger partial charge in [-0.05, 0) is 79.4 Å². The second kappa shape index (κ2) is 12.5. The quantitative estimate of drug-likeness (QED) is 0.153. The van der Waals surface area contributed by atoms with Gasteiger partial charge in [-0.25, -0.2) is 14.2 Å². The summed E-state index contributed by atoms with van der Waals surface area (Å²) in [6.07, 6.45) is 0.610. The van der Waals surface area contributed by atoms with E-state index in [1.807, 2.05) is 49.4 Å². The van der Waals surface area contributed by atoms with Crippen LogP contribution in [0.4, 0.5) is 10.2 Å². The van der Waals surface area contributed by atoms with Crippen molar-refractivity contribution in [2.75, 3.05) is 18.5 Å². The number of ether oxygens (including phenoxy) is 2. The number of fused-ring (bicyclic) bond motifs is 3. The van der Waals surface area contributed by atoms with Gasteiger partial charge in [-0.3, -0.25) is 9.69 Å². The normalized spacial score (nSPS) is 24.7.